The molecule has 0 aliphatic carbocycles. The highest BCUT2D eigenvalue weighted by Crippen LogP contribution is 2.49. The molecule has 0 bridgehead atoms. The zero-order valence-corrected chi connectivity index (χ0v) is 34.1. The summed E-state index contributed by atoms with van der Waals surface area (Å²) in [5, 5.41) is -0.204. The molecule has 0 heterocycles. The molecule has 0 saturated carbocycles. The fraction of sp³-hybridized carbons (Fsp3) is 0.263. The third-order valence-corrected chi connectivity index (χ3v) is 10.5. The van der Waals surface area contributed by atoms with E-state index in [1.54, 1.807) is 0 Å². The van der Waals surface area contributed by atoms with Crippen molar-refractivity contribution in [1.82, 2.24) is 0 Å². The highest BCUT2D eigenvalue weighted by atomic mass is 32.2. The van der Waals surface area contributed by atoms with E-state index in [4.69, 9.17) is 18.6 Å². The van der Waals surface area contributed by atoms with E-state index in [0.717, 1.165) is 55.5 Å². The minimum absolute atomic E-state index is 0.0445. The Bertz CT molecular complexity index is 2840. The van der Waals surface area contributed by atoms with E-state index in [1.807, 2.05) is 0 Å². The van der Waals surface area contributed by atoms with Gasteiger partial charge in [0.15, 0.2) is 5.75 Å². The van der Waals surface area contributed by atoms with Crippen LogP contribution in [0.15, 0.2) is 96.6 Å². The number of rotatable bonds is 14. The Labute approximate surface area is 361 Å². The number of carbonyl (C=O) groups excluding carboxylic acids is 4. The van der Waals surface area contributed by atoms with Crippen molar-refractivity contribution >= 4 is 65.7 Å². The number of hydrogen-bond acceptors (Lipinski definition) is 12. The van der Waals surface area contributed by atoms with Crippen molar-refractivity contribution in [2.45, 2.75) is 49.3 Å². The molecule has 0 aliphatic rings. The van der Waals surface area contributed by atoms with Gasteiger partial charge in [-0.3, -0.25) is 9.11 Å². The average molecular weight is 999 g/mol. The highest BCUT2D eigenvalue weighted by Gasteiger charge is 2.77. The van der Waals surface area contributed by atoms with Crippen molar-refractivity contribution in [3.05, 3.63) is 108 Å². The van der Waals surface area contributed by atoms with Crippen molar-refractivity contribution in [2.24, 2.45) is 0 Å². The number of benzene rings is 4. The number of fused-ring (bicyclic) bond motifs is 2. The van der Waals surface area contributed by atoms with Crippen LogP contribution in [0.5, 0.6) is 11.5 Å². The molecule has 0 radical (unpaired) electrons. The van der Waals surface area contributed by atoms with Crippen molar-refractivity contribution < 1.29 is 117 Å². The summed E-state index contributed by atoms with van der Waals surface area (Å²) in [5.41, 5.74) is -14.5. The lowest BCUT2D eigenvalue weighted by molar-refractivity contribution is -0.356. The Kier molecular flexibility index (Phi) is 14.4. The van der Waals surface area contributed by atoms with E-state index in [1.165, 1.54) is 18.2 Å². The molecule has 4 aromatic rings. The van der Waals surface area contributed by atoms with Crippen molar-refractivity contribution in [1.29, 1.82) is 0 Å². The molecule has 358 valence electrons. The standard InChI is InChI=1S/C38H26F12O14S2/c1-19(29(51)61-25-13-11-22-15-24(10-9-23(22)16-25)31(53)63-33(35(39,40)41,36(42,43)44)17-65(55,56)57)7-8-20(2)30(52)62-28-26-6-4-3-5-21(26)12-14-27(28)32(54)64-34(37(45,46)47,38(48,49)50)18-66(58,59)60/h3-7,9-16H,2,8,17-18H2,1H3,(H,55,56,57)(H,58,59,60)/b19-7-. The van der Waals surface area contributed by atoms with Crippen LogP contribution in [-0.2, 0) is 39.3 Å². The summed E-state index contributed by atoms with van der Waals surface area (Å²) in [6.07, 6.45) is -26.1. The molecule has 4 rings (SSSR count). The first-order valence-corrected chi connectivity index (χ1v) is 20.6. The van der Waals surface area contributed by atoms with Gasteiger partial charge in [-0.15, -0.1) is 0 Å². The van der Waals surface area contributed by atoms with Crippen LogP contribution in [0.4, 0.5) is 52.7 Å². The lowest BCUT2D eigenvalue weighted by Gasteiger charge is -2.35. The number of allylic oxidation sites excluding steroid dienone is 1. The molecular weight excluding hydrogens is 973 g/mol. The van der Waals surface area contributed by atoms with Crippen LogP contribution in [0.3, 0.4) is 0 Å². The minimum atomic E-state index is -6.69. The van der Waals surface area contributed by atoms with E-state index in [-0.39, 0.29) is 32.9 Å². The molecule has 4 aromatic carbocycles. The quantitative estimate of drug-likeness (QED) is 0.0401. The molecule has 0 unspecified atom stereocenters. The zero-order chi connectivity index (χ0) is 50.2. The first kappa shape index (κ1) is 52.4. The van der Waals surface area contributed by atoms with Crippen molar-refractivity contribution in [2.75, 3.05) is 11.5 Å². The van der Waals surface area contributed by atoms with Crippen LogP contribution in [0.2, 0.25) is 0 Å². The Morgan fingerprint density at radius 2 is 1.08 bits per heavy atom. The summed E-state index contributed by atoms with van der Waals surface area (Å²) >= 11 is 0. The largest absolute Gasteiger partial charge is 0.438 e. The first-order valence-electron chi connectivity index (χ1n) is 17.4. The second kappa shape index (κ2) is 18.2. The van der Waals surface area contributed by atoms with Gasteiger partial charge in [0.1, 0.15) is 22.8 Å². The van der Waals surface area contributed by atoms with E-state index in [0.29, 0.717) is 12.1 Å². The molecule has 0 saturated heterocycles. The van der Waals surface area contributed by atoms with E-state index in [9.17, 15) is 88.7 Å². The van der Waals surface area contributed by atoms with Gasteiger partial charge < -0.3 is 18.9 Å². The Morgan fingerprint density at radius 3 is 1.59 bits per heavy atom. The average Bonchev–Trinajstić information content (AvgIpc) is 3.16. The monoisotopic (exact) mass is 998 g/mol. The zero-order valence-electron chi connectivity index (χ0n) is 32.5. The SMILES string of the molecule is C=C(C/C=C(/C)C(=O)Oc1ccc2cc(C(=O)OC(CS(=O)(=O)O)(C(F)(F)F)C(F)(F)F)ccc2c1)C(=O)Oc1c(C(=O)OC(CS(=O)(=O)O)(C(F)(F)F)C(F)(F)F)ccc2ccccc12. The van der Waals surface area contributed by atoms with E-state index >= 15 is 0 Å². The number of hydrogen-bond donors (Lipinski definition) is 2. The van der Waals surface area contributed by atoms with Gasteiger partial charge in [0.05, 0.1) is 5.56 Å². The van der Waals surface area contributed by atoms with Gasteiger partial charge in [-0.2, -0.15) is 69.5 Å². The number of alkyl halides is 12. The maximum absolute atomic E-state index is 13.9. The summed E-state index contributed by atoms with van der Waals surface area (Å²) in [7, 11) is -12.2. The number of halogens is 12. The van der Waals surface area contributed by atoms with Crippen LogP contribution in [-0.4, -0.2) is 97.2 Å². The first-order chi connectivity index (χ1) is 29.9. The highest BCUT2D eigenvalue weighted by molar-refractivity contribution is 7.86. The van der Waals surface area contributed by atoms with Crippen molar-refractivity contribution in [3.8, 4) is 11.5 Å². The van der Waals surface area contributed by atoms with Crippen molar-refractivity contribution in [3.63, 3.8) is 0 Å². The van der Waals surface area contributed by atoms with E-state index < -0.39 is 120 Å². The number of carbonyl (C=O) groups is 4. The molecule has 2 N–H and O–H groups in total. The van der Waals surface area contributed by atoms with Gasteiger partial charge in [-0.1, -0.05) is 55.1 Å². The normalized spacial score (nSPS) is 13.6. The molecule has 0 fully saturated rings. The Hall–Kier alpha value is -6.26. The Morgan fingerprint density at radius 1 is 0.606 bits per heavy atom. The summed E-state index contributed by atoms with van der Waals surface area (Å²) < 4.78 is 246. The maximum atomic E-state index is 13.9. The molecule has 0 aromatic heterocycles. The molecule has 28 heteroatoms. The second-order valence-electron chi connectivity index (χ2n) is 13.7. The van der Waals surface area contributed by atoms with Crippen LogP contribution in [0, 0.1) is 0 Å². The summed E-state index contributed by atoms with van der Waals surface area (Å²) in [6.45, 7) is 4.58. The summed E-state index contributed by atoms with van der Waals surface area (Å²) in [6, 6.07) is 12.2. The topological polar surface area (TPSA) is 214 Å². The molecule has 0 amide bonds. The molecule has 0 atom stereocenters. The van der Waals surface area contributed by atoms with Gasteiger partial charge in [-0.25, -0.2) is 19.2 Å². The molecule has 14 nitrogen and oxygen atoms in total. The van der Waals surface area contributed by atoms with Gasteiger partial charge >= 0.3 is 59.8 Å². The van der Waals surface area contributed by atoms with Gasteiger partial charge in [-0.05, 0) is 59.8 Å². The third-order valence-electron chi connectivity index (χ3n) is 8.95. The van der Waals surface area contributed by atoms with Gasteiger partial charge in [0.2, 0.25) is 0 Å². The number of ether oxygens (including phenoxy) is 4. The lowest BCUT2D eigenvalue weighted by atomic mass is 10.0. The van der Waals surface area contributed by atoms with Gasteiger partial charge in [0, 0.05) is 16.5 Å². The third kappa shape index (κ3) is 11.6. The van der Waals surface area contributed by atoms with Crippen LogP contribution in [0.25, 0.3) is 21.5 Å². The summed E-state index contributed by atoms with van der Waals surface area (Å²) in [5.74, 6) is -15.0. The molecule has 0 spiro atoms. The number of esters is 4. The van der Waals surface area contributed by atoms with Crippen LogP contribution >= 0.6 is 0 Å². The molecule has 66 heavy (non-hydrogen) atoms. The predicted octanol–water partition coefficient (Wildman–Crippen LogP) is 8.21. The minimum Gasteiger partial charge on any atom is -0.435 e. The molecule has 0 aliphatic heterocycles. The second-order valence-corrected chi connectivity index (χ2v) is 16.6. The molecular formula is C38H26F12O14S2. The van der Waals surface area contributed by atoms with Crippen LogP contribution < -0.4 is 9.47 Å². The smallest absolute Gasteiger partial charge is 0.435 e. The fourth-order valence-corrected chi connectivity index (χ4v) is 7.41. The predicted molar refractivity (Wildman–Crippen MR) is 200 cm³/mol. The summed E-state index contributed by atoms with van der Waals surface area (Å²) in [4.78, 5) is 51.6. The van der Waals surface area contributed by atoms with E-state index in [2.05, 4.69) is 16.1 Å². The maximum Gasteiger partial charge on any atom is 0.438 e. The van der Waals surface area contributed by atoms with Crippen LogP contribution in [0.1, 0.15) is 34.1 Å². The Balaban J connectivity index is 1.53. The van der Waals surface area contributed by atoms with Gasteiger partial charge in [0.25, 0.3) is 20.2 Å². The fourth-order valence-electron chi connectivity index (χ4n) is 5.61. The lowest BCUT2D eigenvalue weighted by Crippen LogP contribution is -2.63.